The van der Waals surface area contributed by atoms with Crippen LogP contribution in [0.1, 0.15) is 76.1 Å². The monoisotopic (exact) mass is 275 g/mol. The highest BCUT2D eigenvalue weighted by Crippen LogP contribution is 2.24. The smallest absolute Gasteiger partial charge is 0.0292 e. The van der Waals surface area contributed by atoms with Gasteiger partial charge in [-0.1, -0.05) is 69.4 Å². The quantitative estimate of drug-likeness (QED) is 0.612. The van der Waals surface area contributed by atoms with E-state index in [1.807, 2.05) is 0 Å². The van der Waals surface area contributed by atoms with Crippen LogP contribution >= 0.6 is 0 Å². The van der Waals surface area contributed by atoms with Crippen molar-refractivity contribution in [1.29, 1.82) is 0 Å². The van der Waals surface area contributed by atoms with Crippen LogP contribution in [0.2, 0.25) is 0 Å². The molecule has 0 radical (unpaired) electrons. The maximum absolute atomic E-state index is 3.72. The zero-order valence-electron chi connectivity index (χ0n) is 14.3. The molecular weight excluding hydrogens is 242 g/mol. The van der Waals surface area contributed by atoms with Gasteiger partial charge in [0.25, 0.3) is 0 Å². The highest BCUT2D eigenvalue weighted by Gasteiger charge is 2.18. The van der Waals surface area contributed by atoms with Gasteiger partial charge >= 0.3 is 0 Å². The molecule has 1 aromatic carbocycles. The third-order valence-corrected chi connectivity index (χ3v) is 4.09. The topological polar surface area (TPSA) is 12.0 Å². The number of hydrogen-bond acceptors (Lipinski definition) is 1. The summed E-state index contributed by atoms with van der Waals surface area (Å²) in [6, 6.07) is 7.27. The fourth-order valence-corrected chi connectivity index (χ4v) is 2.75. The zero-order valence-corrected chi connectivity index (χ0v) is 14.3. The average molecular weight is 275 g/mol. The second kappa shape index (κ2) is 7.83. The predicted octanol–water partition coefficient (Wildman–Crippen LogP) is 5.56. The molecule has 1 N–H and O–H groups in total. The number of unbranched alkanes of at least 4 members (excludes halogenated alkanes) is 2. The number of hydrogen-bond donors (Lipinski definition) is 1. The van der Waals surface area contributed by atoms with E-state index in [2.05, 4.69) is 65.1 Å². The van der Waals surface area contributed by atoms with E-state index < -0.39 is 0 Å². The van der Waals surface area contributed by atoms with E-state index in [1.165, 1.54) is 42.4 Å². The lowest BCUT2D eigenvalue weighted by atomic mass is 9.86. The van der Waals surface area contributed by atoms with Crippen molar-refractivity contribution in [3.63, 3.8) is 0 Å². The van der Waals surface area contributed by atoms with Crippen molar-refractivity contribution in [2.75, 3.05) is 6.54 Å². The molecule has 0 heterocycles. The van der Waals surface area contributed by atoms with Crippen molar-refractivity contribution < 1.29 is 0 Å². The van der Waals surface area contributed by atoms with Gasteiger partial charge in [-0.25, -0.2) is 0 Å². The molecule has 1 atom stereocenters. The van der Waals surface area contributed by atoms with Crippen molar-refractivity contribution >= 4 is 0 Å². The van der Waals surface area contributed by atoms with Gasteiger partial charge in [0.15, 0.2) is 0 Å². The molecule has 114 valence electrons. The van der Waals surface area contributed by atoms with Crippen molar-refractivity contribution in [2.45, 2.75) is 73.3 Å². The van der Waals surface area contributed by atoms with E-state index >= 15 is 0 Å². The van der Waals surface area contributed by atoms with Gasteiger partial charge in [-0.15, -0.1) is 0 Å². The summed E-state index contributed by atoms with van der Waals surface area (Å²) in [5.74, 6) is 0. The molecule has 1 heteroatoms. The van der Waals surface area contributed by atoms with Gasteiger partial charge < -0.3 is 5.32 Å². The fourth-order valence-electron chi connectivity index (χ4n) is 2.75. The van der Waals surface area contributed by atoms with Crippen LogP contribution in [-0.2, 0) is 0 Å². The Hall–Kier alpha value is -0.820. The molecule has 0 spiro atoms. The molecule has 0 saturated carbocycles. The van der Waals surface area contributed by atoms with E-state index in [9.17, 15) is 0 Å². The molecule has 1 rings (SSSR count). The number of aryl methyl sites for hydroxylation is 2. The Morgan fingerprint density at radius 2 is 1.65 bits per heavy atom. The van der Waals surface area contributed by atoms with Crippen LogP contribution in [0, 0.1) is 19.3 Å². The first-order chi connectivity index (χ1) is 9.34. The summed E-state index contributed by atoms with van der Waals surface area (Å²) in [6.45, 7) is 14.7. The highest BCUT2D eigenvalue weighted by molar-refractivity contribution is 5.30. The summed E-state index contributed by atoms with van der Waals surface area (Å²) >= 11 is 0. The lowest BCUT2D eigenvalue weighted by Gasteiger charge is -2.27. The fraction of sp³-hybridized carbons (Fsp3) is 0.684. The van der Waals surface area contributed by atoms with E-state index in [0.717, 1.165) is 6.54 Å². The Labute approximate surface area is 126 Å². The van der Waals surface area contributed by atoms with Gasteiger partial charge in [0, 0.05) is 12.6 Å². The minimum Gasteiger partial charge on any atom is -0.310 e. The molecule has 20 heavy (non-hydrogen) atoms. The summed E-state index contributed by atoms with van der Waals surface area (Å²) in [6.07, 6.45) is 5.33. The Balaban J connectivity index is 2.51. The second-order valence-electron chi connectivity index (χ2n) is 7.14. The standard InChI is InChI=1S/C19H33N/c1-7-8-9-10-19(5,6)14-20-17(4)18-12-15(2)11-16(3)13-18/h11-13,17,20H,7-10,14H2,1-6H3. The summed E-state index contributed by atoms with van der Waals surface area (Å²) in [4.78, 5) is 0. The Morgan fingerprint density at radius 1 is 1.05 bits per heavy atom. The van der Waals surface area contributed by atoms with Gasteiger partial charge in [-0.2, -0.15) is 0 Å². The second-order valence-corrected chi connectivity index (χ2v) is 7.14. The minimum absolute atomic E-state index is 0.391. The number of nitrogens with one attached hydrogen (secondary N) is 1. The van der Waals surface area contributed by atoms with Crippen molar-refractivity contribution in [1.82, 2.24) is 5.32 Å². The maximum Gasteiger partial charge on any atom is 0.0292 e. The van der Waals surface area contributed by atoms with Crippen LogP contribution in [0.4, 0.5) is 0 Å². The lowest BCUT2D eigenvalue weighted by molar-refractivity contribution is 0.291. The largest absolute Gasteiger partial charge is 0.310 e. The van der Waals surface area contributed by atoms with Gasteiger partial charge in [-0.05, 0) is 38.2 Å². The number of benzene rings is 1. The van der Waals surface area contributed by atoms with Gasteiger partial charge in [0.05, 0.1) is 0 Å². The summed E-state index contributed by atoms with van der Waals surface area (Å²) in [5.41, 5.74) is 4.51. The lowest BCUT2D eigenvalue weighted by Crippen LogP contribution is -2.31. The van der Waals surface area contributed by atoms with Crippen LogP contribution < -0.4 is 5.32 Å². The Kier molecular flexibility index (Phi) is 6.75. The first kappa shape index (κ1) is 17.2. The van der Waals surface area contributed by atoms with E-state index in [1.54, 1.807) is 0 Å². The Morgan fingerprint density at radius 3 is 2.20 bits per heavy atom. The predicted molar refractivity (Wildman–Crippen MR) is 90.3 cm³/mol. The molecule has 1 unspecified atom stereocenters. The molecule has 0 fully saturated rings. The van der Waals surface area contributed by atoms with E-state index in [0.29, 0.717) is 11.5 Å². The van der Waals surface area contributed by atoms with Gasteiger partial charge in [0.2, 0.25) is 0 Å². The van der Waals surface area contributed by atoms with E-state index in [4.69, 9.17) is 0 Å². The molecule has 0 aromatic heterocycles. The normalized spacial score (nSPS) is 13.5. The highest BCUT2D eigenvalue weighted by atomic mass is 14.9. The molecule has 0 saturated heterocycles. The maximum atomic E-state index is 3.72. The molecule has 0 aliphatic heterocycles. The summed E-state index contributed by atoms with van der Waals surface area (Å²) in [7, 11) is 0. The SMILES string of the molecule is CCCCCC(C)(C)CNC(C)c1cc(C)cc(C)c1. The molecule has 0 aliphatic carbocycles. The van der Waals surface area contributed by atoms with E-state index in [-0.39, 0.29) is 0 Å². The molecule has 1 aromatic rings. The van der Waals surface area contributed by atoms with Crippen molar-refractivity contribution in [2.24, 2.45) is 5.41 Å². The molecular formula is C19H33N. The zero-order chi connectivity index (χ0) is 15.2. The number of rotatable bonds is 8. The van der Waals surface area contributed by atoms with Crippen molar-refractivity contribution in [3.8, 4) is 0 Å². The van der Waals surface area contributed by atoms with Gasteiger partial charge in [0.1, 0.15) is 0 Å². The summed E-state index contributed by atoms with van der Waals surface area (Å²) in [5, 5.41) is 3.72. The first-order valence-corrected chi connectivity index (χ1v) is 8.15. The third kappa shape index (κ3) is 6.09. The Bertz CT molecular complexity index is 386. The first-order valence-electron chi connectivity index (χ1n) is 8.15. The molecule has 0 aliphatic rings. The summed E-state index contributed by atoms with van der Waals surface area (Å²) < 4.78 is 0. The van der Waals surface area contributed by atoms with Crippen LogP contribution in [0.5, 0.6) is 0 Å². The van der Waals surface area contributed by atoms with Gasteiger partial charge in [-0.3, -0.25) is 0 Å². The van der Waals surface area contributed by atoms with Crippen LogP contribution in [-0.4, -0.2) is 6.54 Å². The molecule has 0 bridgehead atoms. The van der Waals surface area contributed by atoms with Crippen LogP contribution in [0.25, 0.3) is 0 Å². The van der Waals surface area contributed by atoms with Crippen LogP contribution in [0.15, 0.2) is 18.2 Å². The van der Waals surface area contributed by atoms with Crippen LogP contribution in [0.3, 0.4) is 0 Å². The molecule has 1 nitrogen and oxygen atoms in total. The van der Waals surface area contributed by atoms with Crippen molar-refractivity contribution in [3.05, 3.63) is 34.9 Å². The average Bonchev–Trinajstić information content (AvgIpc) is 2.35. The molecule has 0 amide bonds. The third-order valence-electron chi connectivity index (χ3n) is 4.09. The minimum atomic E-state index is 0.391.